The first kappa shape index (κ1) is 24.5. The number of carbonyl (C=O) groups is 1. The topological polar surface area (TPSA) is 169 Å². The Morgan fingerprint density at radius 1 is 1.11 bits per heavy atom. The van der Waals surface area contributed by atoms with Gasteiger partial charge < -0.3 is 15.2 Å². The summed E-state index contributed by atoms with van der Waals surface area (Å²) >= 11 is 0. The first-order valence-electron chi connectivity index (χ1n) is 11.3. The molecule has 4 aromatic rings. The SMILES string of the molecule is CC(C)(CNC(=O)CCc1nc(-c2ccc([N+](=O)[O-])cc2)no1)CNc1n[nH]c(=O)c2ccccc12. The lowest BCUT2D eigenvalue weighted by Crippen LogP contribution is -2.38. The van der Waals surface area contributed by atoms with E-state index in [1.165, 1.54) is 12.1 Å². The number of rotatable bonds is 10. The summed E-state index contributed by atoms with van der Waals surface area (Å²) in [5.41, 5.74) is 0.00531. The second kappa shape index (κ2) is 10.3. The highest BCUT2D eigenvalue weighted by Crippen LogP contribution is 2.21. The number of benzene rings is 2. The van der Waals surface area contributed by atoms with Crippen LogP contribution in [0.3, 0.4) is 0 Å². The highest BCUT2D eigenvalue weighted by molar-refractivity contribution is 5.90. The minimum atomic E-state index is -0.482. The molecule has 12 heteroatoms. The number of amides is 1. The number of carbonyl (C=O) groups excluding carboxylic acids is 1. The number of H-pyrrole nitrogens is 1. The average Bonchev–Trinajstić information content (AvgIpc) is 3.35. The number of aromatic nitrogens is 4. The van der Waals surface area contributed by atoms with Crippen LogP contribution >= 0.6 is 0 Å². The number of nitrogens with zero attached hydrogens (tertiary/aromatic N) is 4. The fourth-order valence-corrected chi connectivity index (χ4v) is 3.49. The lowest BCUT2D eigenvalue weighted by molar-refractivity contribution is -0.384. The molecule has 0 aliphatic heterocycles. The molecule has 0 spiro atoms. The van der Waals surface area contributed by atoms with Gasteiger partial charge in [-0.05, 0) is 23.6 Å². The third kappa shape index (κ3) is 5.90. The number of aromatic amines is 1. The van der Waals surface area contributed by atoms with Crippen molar-refractivity contribution in [1.82, 2.24) is 25.7 Å². The number of hydrogen-bond donors (Lipinski definition) is 3. The Morgan fingerprint density at radius 3 is 2.56 bits per heavy atom. The molecular weight excluding hydrogens is 466 g/mol. The quantitative estimate of drug-likeness (QED) is 0.223. The van der Waals surface area contributed by atoms with E-state index in [1.807, 2.05) is 26.0 Å². The van der Waals surface area contributed by atoms with E-state index in [9.17, 15) is 19.7 Å². The van der Waals surface area contributed by atoms with Crippen LogP contribution in [0.4, 0.5) is 11.5 Å². The molecule has 0 unspecified atom stereocenters. The number of fused-ring (bicyclic) bond motifs is 1. The van der Waals surface area contributed by atoms with Gasteiger partial charge in [-0.1, -0.05) is 37.2 Å². The normalized spacial score (nSPS) is 11.4. The van der Waals surface area contributed by atoms with Crippen LogP contribution in [0.15, 0.2) is 57.8 Å². The molecule has 2 heterocycles. The lowest BCUT2D eigenvalue weighted by atomic mass is 9.93. The molecule has 0 aliphatic carbocycles. The van der Waals surface area contributed by atoms with E-state index < -0.39 is 4.92 Å². The maximum atomic E-state index is 12.4. The summed E-state index contributed by atoms with van der Waals surface area (Å²) in [7, 11) is 0. The van der Waals surface area contributed by atoms with Crippen molar-refractivity contribution in [2.45, 2.75) is 26.7 Å². The van der Waals surface area contributed by atoms with Gasteiger partial charge in [0.15, 0.2) is 5.82 Å². The zero-order chi connectivity index (χ0) is 25.7. The van der Waals surface area contributed by atoms with Crippen molar-refractivity contribution in [2.75, 3.05) is 18.4 Å². The van der Waals surface area contributed by atoms with E-state index >= 15 is 0 Å². The van der Waals surface area contributed by atoms with Crippen LogP contribution in [0, 0.1) is 15.5 Å². The van der Waals surface area contributed by atoms with Crippen molar-refractivity contribution in [3.8, 4) is 11.4 Å². The van der Waals surface area contributed by atoms with Crippen LogP contribution in [0.1, 0.15) is 26.2 Å². The third-order valence-electron chi connectivity index (χ3n) is 5.56. The van der Waals surface area contributed by atoms with E-state index in [0.717, 1.165) is 5.39 Å². The fourth-order valence-electron chi connectivity index (χ4n) is 3.49. The molecule has 0 saturated heterocycles. The summed E-state index contributed by atoms with van der Waals surface area (Å²) in [6.45, 7) is 4.93. The van der Waals surface area contributed by atoms with E-state index in [1.54, 1.807) is 24.3 Å². The molecule has 36 heavy (non-hydrogen) atoms. The van der Waals surface area contributed by atoms with Gasteiger partial charge in [0, 0.05) is 49.0 Å². The number of hydrogen-bond acceptors (Lipinski definition) is 9. The zero-order valence-electron chi connectivity index (χ0n) is 19.8. The van der Waals surface area contributed by atoms with Gasteiger partial charge in [0.2, 0.25) is 17.6 Å². The van der Waals surface area contributed by atoms with Crippen molar-refractivity contribution < 1.29 is 14.2 Å². The van der Waals surface area contributed by atoms with Gasteiger partial charge in [0.05, 0.1) is 10.3 Å². The largest absolute Gasteiger partial charge is 0.368 e. The number of nitrogens with one attached hydrogen (secondary N) is 3. The monoisotopic (exact) mass is 491 g/mol. The molecule has 0 fully saturated rings. The molecule has 2 aromatic carbocycles. The van der Waals surface area contributed by atoms with Crippen LogP contribution < -0.4 is 16.2 Å². The van der Waals surface area contributed by atoms with Gasteiger partial charge in [-0.25, -0.2) is 5.10 Å². The summed E-state index contributed by atoms with van der Waals surface area (Å²) in [5, 5.41) is 28.7. The third-order valence-corrected chi connectivity index (χ3v) is 5.56. The zero-order valence-corrected chi connectivity index (χ0v) is 19.8. The van der Waals surface area contributed by atoms with Gasteiger partial charge >= 0.3 is 0 Å². The maximum absolute atomic E-state index is 12.4. The van der Waals surface area contributed by atoms with E-state index in [-0.39, 0.29) is 35.4 Å². The maximum Gasteiger partial charge on any atom is 0.272 e. The van der Waals surface area contributed by atoms with Crippen molar-refractivity contribution in [3.05, 3.63) is 74.9 Å². The Labute approximate surface area is 205 Å². The Morgan fingerprint density at radius 2 is 1.83 bits per heavy atom. The lowest BCUT2D eigenvalue weighted by Gasteiger charge is -2.25. The van der Waals surface area contributed by atoms with Crippen molar-refractivity contribution in [2.24, 2.45) is 5.41 Å². The van der Waals surface area contributed by atoms with Crippen LogP contribution in [0.2, 0.25) is 0 Å². The summed E-state index contributed by atoms with van der Waals surface area (Å²) in [4.78, 5) is 38.9. The molecule has 1 amide bonds. The van der Waals surface area contributed by atoms with Crippen molar-refractivity contribution in [1.29, 1.82) is 0 Å². The summed E-state index contributed by atoms with van der Waals surface area (Å²) in [6, 6.07) is 13.0. The van der Waals surface area contributed by atoms with E-state index in [4.69, 9.17) is 4.52 Å². The molecule has 0 bridgehead atoms. The smallest absolute Gasteiger partial charge is 0.272 e. The number of aryl methyl sites for hydroxylation is 1. The van der Waals surface area contributed by atoms with Crippen LogP contribution in [-0.2, 0) is 11.2 Å². The molecule has 12 nitrogen and oxygen atoms in total. The number of anilines is 1. The van der Waals surface area contributed by atoms with Gasteiger partial charge in [-0.15, -0.1) is 0 Å². The Bertz CT molecular complexity index is 1440. The first-order valence-corrected chi connectivity index (χ1v) is 11.3. The second-order valence-corrected chi connectivity index (χ2v) is 9.06. The molecule has 0 radical (unpaired) electrons. The molecule has 3 N–H and O–H groups in total. The highest BCUT2D eigenvalue weighted by Gasteiger charge is 2.20. The first-order chi connectivity index (χ1) is 17.2. The molecule has 2 aromatic heterocycles. The Hall–Kier alpha value is -4.61. The molecule has 4 rings (SSSR count). The molecule has 186 valence electrons. The van der Waals surface area contributed by atoms with Crippen molar-refractivity contribution >= 4 is 28.2 Å². The second-order valence-electron chi connectivity index (χ2n) is 9.06. The van der Waals surface area contributed by atoms with Gasteiger partial charge in [-0.2, -0.15) is 10.1 Å². The predicted molar refractivity (Wildman–Crippen MR) is 132 cm³/mol. The van der Waals surface area contributed by atoms with Gasteiger partial charge in [-0.3, -0.25) is 19.7 Å². The van der Waals surface area contributed by atoms with E-state index in [2.05, 4.69) is 31.0 Å². The number of nitro benzene ring substituents is 1. The summed E-state index contributed by atoms with van der Waals surface area (Å²) < 4.78 is 5.21. The number of non-ortho nitro benzene ring substituents is 1. The Kier molecular flexibility index (Phi) is 7.04. The Balaban J connectivity index is 1.26. The van der Waals surface area contributed by atoms with Crippen LogP contribution in [0.25, 0.3) is 22.2 Å². The van der Waals surface area contributed by atoms with Gasteiger partial charge in [0.1, 0.15) is 0 Å². The summed E-state index contributed by atoms with van der Waals surface area (Å²) in [6.07, 6.45) is 0.426. The number of nitro groups is 1. The van der Waals surface area contributed by atoms with Crippen LogP contribution in [0.5, 0.6) is 0 Å². The minimum absolute atomic E-state index is 0.0272. The van der Waals surface area contributed by atoms with E-state index in [0.29, 0.717) is 41.6 Å². The average molecular weight is 492 g/mol. The van der Waals surface area contributed by atoms with Gasteiger partial charge in [0.25, 0.3) is 11.2 Å². The summed E-state index contributed by atoms with van der Waals surface area (Å²) in [5.74, 6) is 1.02. The molecular formula is C24H25N7O5. The highest BCUT2D eigenvalue weighted by atomic mass is 16.6. The van der Waals surface area contributed by atoms with Crippen LogP contribution in [-0.4, -0.2) is 44.3 Å². The molecule has 0 aliphatic rings. The fraction of sp³-hybridized carbons (Fsp3) is 0.292. The van der Waals surface area contributed by atoms with Crippen molar-refractivity contribution in [3.63, 3.8) is 0 Å². The minimum Gasteiger partial charge on any atom is -0.368 e. The molecule has 0 atom stereocenters. The predicted octanol–water partition coefficient (Wildman–Crippen LogP) is 3.07. The standard InChI is InChI=1S/C24H25N7O5/c1-24(2,14-26-22-17-5-3-4-6-18(17)23(33)29-28-22)13-25-19(32)11-12-20-27-21(30-36-20)15-7-9-16(10-8-15)31(34)35/h3-10H,11-14H2,1-2H3,(H,25,32)(H,26,28)(H,29,33). The molecule has 0 saturated carbocycles.